The standard InChI is InChI=1S/C16H23NS/c1-12(11-17-14-7-8-14)6-9-15-10-13-4-2-3-5-16(13)18-15/h2-5,12,14-15,17H,6-11H2,1H3. The van der Waals surface area contributed by atoms with Crippen LogP contribution in [0.5, 0.6) is 0 Å². The third-order valence-corrected chi connectivity index (χ3v) is 5.42. The van der Waals surface area contributed by atoms with E-state index in [0.29, 0.717) is 0 Å². The topological polar surface area (TPSA) is 12.0 Å². The number of rotatable bonds is 6. The monoisotopic (exact) mass is 261 g/mol. The van der Waals surface area contributed by atoms with Crippen molar-refractivity contribution in [3.8, 4) is 0 Å². The summed E-state index contributed by atoms with van der Waals surface area (Å²) in [5.74, 6) is 0.829. The van der Waals surface area contributed by atoms with Crippen LogP contribution in [0.4, 0.5) is 0 Å². The number of hydrogen-bond acceptors (Lipinski definition) is 2. The molecule has 3 rings (SSSR count). The molecule has 2 heteroatoms. The van der Waals surface area contributed by atoms with Gasteiger partial charge in [0.15, 0.2) is 0 Å². The molecule has 1 aliphatic carbocycles. The minimum Gasteiger partial charge on any atom is -0.314 e. The summed E-state index contributed by atoms with van der Waals surface area (Å²) in [5.41, 5.74) is 1.57. The average Bonchev–Trinajstić information content (AvgIpc) is 3.11. The highest BCUT2D eigenvalue weighted by molar-refractivity contribution is 8.00. The molecule has 1 aliphatic heterocycles. The Labute approximate surface area is 115 Å². The Morgan fingerprint density at radius 1 is 1.33 bits per heavy atom. The van der Waals surface area contributed by atoms with Crippen LogP contribution in [0.2, 0.25) is 0 Å². The molecule has 98 valence electrons. The second kappa shape index (κ2) is 5.66. The van der Waals surface area contributed by atoms with Gasteiger partial charge in [-0.1, -0.05) is 25.1 Å². The van der Waals surface area contributed by atoms with Gasteiger partial charge in [0.05, 0.1) is 0 Å². The summed E-state index contributed by atoms with van der Waals surface area (Å²) in [6.45, 7) is 3.61. The number of hydrogen-bond donors (Lipinski definition) is 1. The maximum atomic E-state index is 3.64. The molecule has 1 nitrogen and oxygen atoms in total. The molecule has 0 saturated heterocycles. The first kappa shape index (κ1) is 12.6. The van der Waals surface area contributed by atoms with Gasteiger partial charge in [0.1, 0.15) is 0 Å². The van der Waals surface area contributed by atoms with Crippen molar-refractivity contribution < 1.29 is 0 Å². The summed E-state index contributed by atoms with van der Waals surface area (Å²) in [6, 6.07) is 9.76. The molecular formula is C16H23NS. The van der Waals surface area contributed by atoms with Gasteiger partial charge in [0.25, 0.3) is 0 Å². The predicted molar refractivity (Wildman–Crippen MR) is 79.2 cm³/mol. The van der Waals surface area contributed by atoms with Crippen molar-refractivity contribution in [3.63, 3.8) is 0 Å². The van der Waals surface area contributed by atoms with Gasteiger partial charge in [-0.3, -0.25) is 0 Å². The van der Waals surface area contributed by atoms with E-state index in [1.165, 1.54) is 43.5 Å². The molecule has 2 unspecified atom stereocenters. The summed E-state index contributed by atoms with van der Waals surface area (Å²) in [4.78, 5) is 1.52. The minimum atomic E-state index is 0.825. The first-order valence-corrected chi connectivity index (χ1v) is 8.17. The minimum absolute atomic E-state index is 0.825. The number of nitrogens with one attached hydrogen (secondary N) is 1. The van der Waals surface area contributed by atoms with Crippen LogP contribution in [-0.4, -0.2) is 17.8 Å². The van der Waals surface area contributed by atoms with Gasteiger partial charge in [-0.2, -0.15) is 0 Å². The van der Waals surface area contributed by atoms with Gasteiger partial charge in [0.2, 0.25) is 0 Å². The highest BCUT2D eigenvalue weighted by Crippen LogP contribution is 2.39. The van der Waals surface area contributed by atoms with Crippen LogP contribution < -0.4 is 5.32 Å². The summed E-state index contributed by atoms with van der Waals surface area (Å²) in [6.07, 6.45) is 6.82. The normalized spacial score (nSPS) is 23.9. The maximum Gasteiger partial charge on any atom is 0.0135 e. The van der Waals surface area contributed by atoms with Crippen molar-refractivity contribution in [1.29, 1.82) is 0 Å². The van der Waals surface area contributed by atoms with Crippen LogP contribution in [0, 0.1) is 5.92 Å². The second-order valence-corrected chi connectivity index (χ2v) is 7.26. The van der Waals surface area contributed by atoms with E-state index in [4.69, 9.17) is 0 Å². The Morgan fingerprint density at radius 3 is 2.94 bits per heavy atom. The quantitative estimate of drug-likeness (QED) is 0.834. The molecule has 18 heavy (non-hydrogen) atoms. The fourth-order valence-electron chi connectivity index (χ4n) is 2.64. The average molecular weight is 261 g/mol. The lowest BCUT2D eigenvalue weighted by molar-refractivity contribution is 0.462. The molecule has 1 N–H and O–H groups in total. The highest BCUT2D eigenvalue weighted by atomic mass is 32.2. The molecular weight excluding hydrogens is 238 g/mol. The summed E-state index contributed by atoms with van der Waals surface area (Å²) < 4.78 is 0. The molecule has 0 amide bonds. The van der Waals surface area contributed by atoms with Crippen molar-refractivity contribution in [2.24, 2.45) is 5.92 Å². The predicted octanol–water partition coefficient (Wildman–Crippen LogP) is 3.87. The van der Waals surface area contributed by atoms with Crippen LogP contribution >= 0.6 is 11.8 Å². The fraction of sp³-hybridized carbons (Fsp3) is 0.625. The Kier molecular flexibility index (Phi) is 3.95. The van der Waals surface area contributed by atoms with Crippen molar-refractivity contribution in [1.82, 2.24) is 5.32 Å². The van der Waals surface area contributed by atoms with Crippen molar-refractivity contribution in [3.05, 3.63) is 29.8 Å². The van der Waals surface area contributed by atoms with Gasteiger partial charge >= 0.3 is 0 Å². The van der Waals surface area contributed by atoms with E-state index >= 15 is 0 Å². The van der Waals surface area contributed by atoms with E-state index in [1.54, 1.807) is 5.56 Å². The van der Waals surface area contributed by atoms with E-state index in [2.05, 4.69) is 48.3 Å². The third-order valence-electron chi connectivity index (χ3n) is 4.03. The number of benzene rings is 1. The summed E-state index contributed by atoms with van der Waals surface area (Å²) in [7, 11) is 0. The lowest BCUT2D eigenvalue weighted by Gasteiger charge is -2.14. The molecule has 1 saturated carbocycles. The Bertz CT molecular complexity index is 375. The van der Waals surface area contributed by atoms with Crippen LogP contribution in [0.15, 0.2) is 29.2 Å². The molecule has 0 radical (unpaired) electrons. The Morgan fingerprint density at radius 2 is 2.17 bits per heavy atom. The van der Waals surface area contributed by atoms with Crippen LogP contribution in [0.3, 0.4) is 0 Å². The zero-order chi connectivity index (χ0) is 12.4. The largest absolute Gasteiger partial charge is 0.314 e. The Balaban J connectivity index is 1.39. The zero-order valence-corrected chi connectivity index (χ0v) is 12.0. The van der Waals surface area contributed by atoms with Crippen molar-refractivity contribution >= 4 is 11.8 Å². The first-order chi connectivity index (χ1) is 8.81. The van der Waals surface area contributed by atoms with Crippen LogP contribution in [-0.2, 0) is 6.42 Å². The first-order valence-electron chi connectivity index (χ1n) is 7.29. The highest BCUT2D eigenvalue weighted by Gasteiger charge is 2.23. The molecule has 1 fully saturated rings. The van der Waals surface area contributed by atoms with Crippen LogP contribution in [0.25, 0.3) is 0 Å². The van der Waals surface area contributed by atoms with Crippen LogP contribution in [0.1, 0.15) is 38.2 Å². The fourth-order valence-corrected chi connectivity index (χ4v) is 3.98. The molecule has 0 aromatic heterocycles. The van der Waals surface area contributed by atoms with E-state index in [1.807, 2.05) is 0 Å². The SMILES string of the molecule is CC(CCC1Cc2ccccc2S1)CNC1CC1. The van der Waals surface area contributed by atoms with Gasteiger partial charge in [0, 0.05) is 16.2 Å². The third kappa shape index (κ3) is 3.30. The second-order valence-electron chi connectivity index (χ2n) is 5.92. The van der Waals surface area contributed by atoms with Crippen molar-refractivity contribution in [2.45, 2.75) is 55.2 Å². The van der Waals surface area contributed by atoms with E-state index in [0.717, 1.165) is 17.2 Å². The van der Waals surface area contributed by atoms with Gasteiger partial charge in [-0.15, -0.1) is 11.8 Å². The summed E-state index contributed by atoms with van der Waals surface area (Å²) >= 11 is 2.09. The van der Waals surface area contributed by atoms with Crippen molar-refractivity contribution in [2.75, 3.05) is 6.54 Å². The summed E-state index contributed by atoms with van der Waals surface area (Å²) in [5, 5.41) is 4.47. The van der Waals surface area contributed by atoms with E-state index < -0.39 is 0 Å². The maximum absolute atomic E-state index is 3.64. The van der Waals surface area contributed by atoms with E-state index in [9.17, 15) is 0 Å². The lowest BCUT2D eigenvalue weighted by atomic mass is 10.0. The molecule has 1 aromatic carbocycles. The van der Waals surface area contributed by atoms with Gasteiger partial charge in [-0.05, 0) is 56.2 Å². The lowest BCUT2D eigenvalue weighted by Crippen LogP contribution is -2.23. The van der Waals surface area contributed by atoms with Gasteiger partial charge in [-0.25, -0.2) is 0 Å². The smallest absolute Gasteiger partial charge is 0.0135 e. The van der Waals surface area contributed by atoms with E-state index in [-0.39, 0.29) is 0 Å². The molecule has 2 atom stereocenters. The molecule has 2 aliphatic rings. The molecule has 0 spiro atoms. The molecule has 1 aromatic rings. The molecule has 1 heterocycles. The number of fused-ring (bicyclic) bond motifs is 1. The van der Waals surface area contributed by atoms with Gasteiger partial charge < -0.3 is 5.32 Å². The Hall–Kier alpha value is -0.470. The number of thioether (sulfide) groups is 1. The zero-order valence-electron chi connectivity index (χ0n) is 11.2. The molecule has 0 bridgehead atoms.